The summed E-state index contributed by atoms with van der Waals surface area (Å²) in [6.07, 6.45) is 0.531. The van der Waals surface area contributed by atoms with Gasteiger partial charge < -0.3 is 0 Å². The number of carbonyl (C=O) groups is 1. The maximum absolute atomic E-state index is 12.6. The zero-order chi connectivity index (χ0) is 18.0. The van der Waals surface area contributed by atoms with Crippen molar-refractivity contribution >= 4 is 17.3 Å². The van der Waals surface area contributed by atoms with Crippen molar-refractivity contribution in [3.63, 3.8) is 0 Å². The minimum atomic E-state index is -0.425. The molecular formula is C19H19N3O3. The van der Waals surface area contributed by atoms with E-state index in [1.807, 2.05) is 50.2 Å². The second kappa shape index (κ2) is 6.84. The lowest BCUT2D eigenvalue weighted by molar-refractivity contribution is -0.384. The van der Waals surface area contributed by atoms with Gasteiger partial charge in [0.25, 0.3) is 5.69 Å². The minimum absolute atomic E-state index is 0.0163. The van der Waals surface area contributed by atoms with Gasteiger partial charge in [0.2, 0.25) is 5.91 Å². The minimum Gasteiger partial charge on any atom is -0.273 e. The third-order valence-corrected chi connectivity index (χ3v) is 4.20. The molecule has 0 saturated heterocycles. The summed E-state index contributed by atoms with van der Waals surface area (Å²) in [7, 11) is 0. The number of hydrogen-bond acceptors (Lipinski definition) is 4. The Morgan fingerprint density at radius 1 is 1.20 bits per heavy atom. The monoisotopic (exact) mass is 337 g/mol. The van der Waals surface area contributed by atoms with Crippen molar-refractivity contribution < 1.29 is 9.72 Å². The Bertz CT molecular complexity index is 831. The van der Waals surface area contributed by atoms with Crippen molar-refractivity contribution in [2.45, 2.75) is 26.3 Å². The van der Waals surface area contributed by atoms with Crippen LogP contribution in [-0.2, 0) is 4.79 Å². The summed E-state index contributed by atoms with van der Waals surface area (Å²) < 4.78 is 0. The topological polar surface area (TPSA) is 75.8 Å². The fraction of sp³-hybridized carbons (Fsp3) is 0.263. The van der Waals surface area contributed by atoms with Crippen molar-refractivity contribution in [1.29, 1.82) is 0 Å². The SMILES string of the molecule is CC(C)C(=O)N1N=C(c2ccccc2)C[C@H]1c1cccc([N+](=O)[O-])c1. The molecule has 0 unspecified atom stereocenters. The Morgan fingerprint density at radius 3 is 2.56 bits per heavy atom. The van der Waals surface area contributed by atoms with Gasteiger partial charge in [-0.1, -0.05) is 56.3 Å². The molecule has 0 fully saturated rings. The Labute approximate surface area is 145 Å². The first-order valence-electron chi connectivity index (χ1n) is 8.17. The van der Waals surface area contributed by atoms with Gasteiger partial charge in [-0.25, -0.2) is 5.01 Å². The molecule has 1 atom stereocenters. The number of benzene rings is 2. The standard InChI is InChI=1S/C19H19N3O3/c1-13(2)19(23)21-18(15-9-6-10-16(11-15)22(24)25)12-17(20-21)14-7-4-3-5-8-14/h3-11,13,18H,12H2,1-2H3/t18-/m0/s1. The molecule has 128 valence electrons. The van der Waals surface area contributed by atoms with Crippen LogP contribution in [0, 0.1) is 16.0 Å². The highest BCUT2D eigenvalue weighted by Gasteiger charge is 2.34. The first-order chi connectivity index (χ1) is 12.0. The van der Waals surface area contributed by atoms with Crippen molar-refractivity contribution in [1.82, 2.24) is 5.01 Å². The van der Waals surface area contributed by atoms with Gasteiger partial charge in [-0.2, -0.15) is 5.10 Å². The first kappa shape index (κ1) is 16.8. The van der Waals surface area contributed by atoms with Gasteiger partial charge in [-0.3, -0.25) is 14.9 Å². The molecule has 1 heterocycles. The summed E-state index contributed by atoms with van der Waals surface area (Å²) in [4.78, 5) is 23.3. The molecule has 0 aromatic heterocycles. The summed E-state index contributed by atoms with van der Waals surface area (Å²) in [5.41, 5.74) is 2.50. The predicted molar refractivity (Wildman–Crippen MR) is 95.1 cm³/mol. The van der Waals surface area contributed by atoms with Crippen molar-refractivity contribution in [3.05, 3.63) is 75.8 Å². The maximum Gasteiger partial charge on any atom is 0.269 e. The fourth-order valence-corrected chi connectivity index (χ4v) is 2.89. The molecule has 0 spiro atoms. The quantitative estimate of drug-likeness (QED) is 0.626. The molecule has 6 heteroatoms. The summed E-state index contributed by atoms with van der Waals surface area (Å²) in [6.45, 7) is 3.64. The second-order valence-corrected chi connectivity index (χ2v) is 6.32. The molecule has 1 aliphatic rings. The van der Waals surface area contributed by atoms with Crippen LogP contribution >= 0.6 is 0 Å². The lowest BCUT2D eigenvalue weighted by Crippen LogP contribution is -2.30. The summed E-state index contributed by atoms with van der Waals surface area (Å²) in [6, 6.07) is 15.8. The van der Waals surface area contributed by atoms with E-state index in [4.69, 9.17) is 0 Å². The van der Waals surface area contributed by atoms with Gasteiger partial charge in [0.05, 0.1) is 16.7 Å². The number of nitro benzene ring substituents is 1. The Morgan fingerprint density at radius 2 is 1.92 bits per heavy atom. The summed E-state index contributed by atoms with van der Waals surface area (Å²) in [5.74, 6) is -0.303. The third-order valence-electron chi connectivity index (χ3n) is 4.20. The van der Waals surface area contributed by atoms with Crippen LogP contribution in [0.4, 0.5) is 5.69 Å². The highest BCUT2D eigenvalue weighted by molar-refractivity contribution is 6.03. The van der Waals surface area contributed by atoms with Crippen LogP contribution in [0.3, 0.4) is 0 Å². The number of nitro groups is 1. The maximum atomic E-state index is 12.6. The van der Waals surface area contributed by atoms with E-state index in [1.54, 1.807) is 6.07 Å². The average Bonchev–Trinajstić information content (AvgIpc) is 3.07. The van der Waals surface area contributed by atoms with Gasteiger partial charge in [-0.05, 0) is 11.1 Å². The lowest BCUT2D eigenvalue weighted by atomic mass is 9.97. The Balaban J connectivity index is 1.99. The van der Waals surface area contributed by atoms with Gasteiger partial charge in [0.15, 0.2) is 0 Å². The molecule has 1 aliphatic heterocycles. The number of hydrazone groups is 1. The molecule has 2 aromatic carbocycles. The van der Waals surface area contributed by atoms with Crippen molar-refractivity contribution in [2.24, 2.45) is 11.0 Å². The molecule has 0 aliphatic carbocycles. The number of rotatable bonds is 4. The molecule has 0 saturated carbocycles. The molecular weight excluding hydrogens is 318 g/mol. The molecule has 0 N–H and O–H groups in total. The van der Waals surface area contributed by atoms with E-state index in [2.05, 4.69) is 5.10 Å². The zero-order valence-electron chi connectivity index (χ0n) is 14.1. The summed E-state index contributed by atoms with van der Waals surface area (Å²) in [5, 5.41) is 17.1. The molecule has 25 heavy (non-hydrogen) atoms. The van der Waals surface area contributed by atoms with Crippen molar-refractivity contribution in [3.8, 4) is 0 Å². The van der Waals surface area contributed by atoms with Crippen LogP contribution in [0.15, 0.2) is 59.7 Å². The van der Waals surface area contributed by atoms with Gasteiger partial charge >= 0.3 is 0 Å². The van der Waals surface area contributed by atoms with Crippen LogP contribution in [0.1, 0.15) is 37.4 Å². The lowest BCUT2D eigenvalue weighted by Gasteiger charge is -2.23. The van der Waals surface area contributed by atoms with E-state index in [0.29, 0.717) is 6.42 Å². The van der Waals surface area contributed by atoms with E-state index in [-0.39, 0.29) is 23.6 Å². The number of nitrogens with zero attached hydrogens (tertiary/aromatic N) is 3. The second-order valence-electron chi connectivity index (χ2n) is 6.32. The predicted octanol–water partition coefficient (Wildman–Crippen LogP) is 3.93. The van der Waals surface area contributed by atoms with Crippen LogP contribution in [-0.4, -0.2) is 21.6 Å². The van der Waals surface area contributed by atoms with E-state index in [9.17, 15) is 14.9 Å². The molecule has 6 nitrogen and oxygen atoms in total. The van der Waals surface area contributed by atoms with Crippen LogP contribution < -0.4 is 0 Å². The molecule has 1 amide bonds. The smallest absolute Gasteiger partial charge is 0.269 e. The molecule has 0 bridgehead atoms. The average molecular weight is 337 g/mol. The van der Waals surface area contributed by atoms with E-state index >= 15 is 0 Å². The Kier molecular flexibility index (Phi) is 4.61. The van der Waals surface area contributed by atoms with Crippen molar-refractivity contribution in [2.75, 3.05) is 0 Å². The van der Waals surface area contributed by atoms with Crippen LogP contribution in [0.2, 0.25) is 0 Å². The van der Waals surface area contributed by atoms with Gasteiger partial charge in [0.1, 0.15) is 0 Å². The molecule has 0 radical (unpaired) electrons. The Hall–Kier alpha value is -3.02. The van der Waals surface area contributed by atoms with E-state index < -0.39 is 4.92 Å². The molecule has 3 rings (SSSR count). The summed E-state index contributed by atoms with van der Waals surface area (Å²) >= 11 is 0. The van der Waals surface area contributed by atoms with E-state index in [1.165, 1.54) is 17.1 Å². The van der Waals surface area contributed by atoms with Gasteiger partial charge in [-0.15, -0.1) is 0 Å². The number of hydrogen-bond donors (Lipinski definition) is 0. The first-order valence-corrected chi connectivity index (χ1v) is 8.17. The molecule has 2 aromatic rings. The third kappa shape index (κ3) is 3.42. The number of amides is 1. The van der Waals surface area contributed by atoms with Crippen LogP contribution in [0.5, 0.6) is 0 Å². The number of non-ortho nitro benzene ring substituents is 1. The zero-order valence-corrected chi connectivity index (χ0v) is 14.1. The fourth-order valence-electron chi connectivity index (χ4n) is 2.89. The normalized spacial score (nSPS) is 16.8. The highest BCUT2D eigenvalue weighted by atomic mass is 16.6. The largest absolute Gasteiger partial charge is 0.273 e. The van der Waals surface area contributed by atoms with Gasteiger partial charge in [0, 0.05) is 24.5 Å². The highest BCUT2D eigenvalue weighted by Crippen LogP contribution is 2.35. The van der Waals surface area contributed by atoms with Crippen LogP contribution in [0.25, 0.3) is 0 Å². The van der Waals surface area contributed by atoms with E-state index in [0.717, 1.165) is 16.8 Å². The number of carbonyl (C=O) groups excluding carboxylic acids is 1.